The fraction of sp³-hybridized carbons (Fsp3) is 0.390. The van der Waals surface area contributed by atoms with Crippen molar-refractivity contribution in [2.24, 2.45) is 17.6 Å². The lowest BCUT2D eigenvalue weighted by atomic mass is 10.1. The molecule has 5 N–H and O–H groups in total. The number of amides is 4. The molecule has 14 heteroatoms. The van der Waals surface area contributed by atoms with Crippen LogP contribution in [0.25, 0.3) is 22.2 Å². The highest BCUT2D eigenvalue weighted by Crippen LogP contribution is 2.43. The fourth-order valence-electron chi connectivity index (χ4n) is 6.96. The van der Waals surface area contributed by atoms with E-state index in [0.29, 0.717) is 24.3 Å². The molecule has 13 nitrogen and oxygen atoms in total. The first kappa shape index (κ1) is 40.7. The first-order valence-corrected chi connectivity index (χ1v) is 20.1. The summed E-state index contributed by atoms with van der Waals surface area (Å²) in [6, 6.07) is 22.6. The van der Waals surface area contributed by atoms with Crippen LogP contribution in [0, 0.1) is 11.8 Å². The number of primary amides is 1. The quantitative estimate of drug-likeness (QED) is 0.210. The molecular weight excluding hydrogens is 723 g/mol. The van der Waals surface area contributed by atoms with E-state index in [-0.39, 0.29) is 39.8 Å². The molecule has 292 valence electrons. The third kappa shape index (κ3) is 11.0. The number of nitrogens with one attached hydrogen (secondary N) is 3. The first-order chi connectivity index (χ1) is 26.4. The van der Waals surface area contributed by atoms with Gasteiger partial charge in [-0.1, -0.05) is 68.1 Å². The number of pyridine rings is 1. The molecule has 55 heavy (non-hydrogen) atoms. The van der Waals surface area contributed by atoms with Gasteiger partial charge in [0.05, 0.1) is 18.3 Å². The lowest BCUT2D eigenvalue weighted by Gasteiger charge is -2.19. The van der Waals surface area contributed by atoms with Gasteiger partial charge in [0.1, 0.15) is 16.7 Å². The van der Waals surface area contributed by atoms with E-state index in [1.54, 1.807) is 43.5 Å². The lowest BCUT2D eigenvalue weighted by molar-refractivity contribution is -0.135. The third-order valence-electron chi connectivity index (χ3n) is 10.0. The van der Waals surface area contributed by atoms with Crippen LogP contribution in [0.3, 0.4) is 0 Å². The second-order valence-corrected chi connectivity index (χ2v) is 15.7. The number of hydrogen-bond donors (Lipinski definition) is 4. The van der Waals surface area contributed by atoms with Crippen LogP contribution in [-0.2, 0) is 29.2 Å². The molecule has 2 aliphatic heterocycles. The van der Waals surface area contributed by atoms with Gasteiger partial charge in [0, 0.05) is 49.0 Å². The second-order valence-electron chi connectivity index (χ2n) is 14.0. The van der Waals surface area contributed by atoms with Crippen molar-refractivity contribution < 1.29 is 32.3 Å². The summed E-state index contributed by atoms with van der Waals surface area (Å²) in [7, 11) is -2.39. The van der Waals surface area contributed by atoms with Crippen LogP contribution < -0.4 is 25.9 Å². The standard InChI is InChI=1S/C18H24N2O4S.C16H13NO2.C7H12N2O2/c21-17-11-5-3-1-2-4-8-13-12-14(13)18(22)20-25(23,24)16-10-7-6-9-15(16)19-17;1-19-12-7-8-13-15(9-12)17-14(10-16(13)18)11-5-3-2-4-6-11;1-5(10)9-4-2-3-6(9)7(8)11/h6-7,9-10,13-14H,1-5,8,11-12H2,(H,19,21)(H,20,22);2-10H,1H3,(H,17,18);6H,2-4H2,1H3,(H2,8,11)/t13?,14-;;6-/m0.0/s1. The maximum Gasteiger partial charge on any atom is 0.266 e. The summed E-state index contributed by atoms with van der Waals surface area (Å²) in [5, 5.41) is 3.33. The van der Waals surface area contributed by atoms with Gasteiger partial charge in [0.25, 0.3) is 10.0 Å². The predicted octanol–water partition coefficient (Wildman–Crippen LogP) is 5.50. The SMILES string of the molecule is CC(=O)N1CCC[C@H]1C(N)=O.COc1ccc2c(=O)cc(-c3ccccc3)[nH]c2c1.O=C1CCCCCCCC2C[C@@H]2C(=O)NS(=O)(=O)c2ccccc2N1. The van der Waals surface area contributed by atoms with Crippen molar-refractivity contribution >= 4 is 50.2 Å². The van der Waals surface area contributed by atoms with Gasteiger partial charge in [-0.25, -0.2) is 13.1 Å². The Labute approximate surface area is 321 Å². The molecule has 4 aromatic rings. The molecule has 3 heterocycles. The normalized spacial score (nSPS) is 20.8. The highest BCUT2D eigenvalue weighted by molar-refractivity contribution is 7.90. The highest BCUT2D eigenvalue weighted by atomic mass is 32.2. The van der Waals surface area contributed by atoms with Crippen LogP contribution >= 0.6 is 0 Å². The van der Waals surface area contributed by atoms with E-state index in [0.717, 1.165) is 80.3 Å². The van der Waals surface area contributed by atoms with Crippen LogP contribution in [-0.4, -0.2) is 61.6 Å². The Kier molecular flexibility index (Phi) is 13.8. The van der Waals surface area contributed by atoms with Gasteiger partial charge in [-0.3, -0.25) is 24.0 Å². The summed E-state index contributed by atoms with van der Waals surface area (Å²) >= 11 is 0. The number of likely N-dealkylation sites (tertiary alicyclic amines) is 1. The van der Waals surface area contributed by atoms with Crippen LogP contribution in [0.2, 0.25) is 0 Å². The van der Waals surface area contributed by atoms with Crippen molar-refractivity contribution in [3.05, 3.63) is 89.1 Å². The number of carbonyl (C=O) groups excluding carboxylic acids is 4. The van der Waals surface area contributed by atoms with Crippen molar-refractivity contribution in [1.82, 2.24) is 14.6 Å². The molecule has 0 spiro atoms. The fourth-order valence-corrected chi connectivity index (χ4v) is 8.15. The Hall–Kier alpha value is -5.50. The van der Waals surface area contributed by atoms with Gasteiger partial charge < -0.3 is 25.7 Å². The number of carbonyl (C=O) groups is 4. The van der Waals surface area contributed by atoms with Crippen LogP contribution in [0.4, 0.5) is 5.69 Å². The molecule has 0 bridgehead atoms. The van der Waals surface area contributed by atoms with Crippen molar-refractivity contribution in [3.63, 3.8) is 0 Å². The molecule has 4 amide bonds. The largest absolute Gasteiger partial charge is 0.497 e. The molecule has 3 aliphatic rings. The zero-order valence-electron chi connectivity index (χ0n) is 31.2. The minimum absolute atomic E-state index is 0.00950. The Morgan fingerprint density at radius 2 is 1.56 bits per heavy atom. The Bertz CT molecular complexity index is 2150. The van der Waals surface area contributed by atoms with Crippen molar-refractivity contribution in [2.45, 2.75) is 82.1 Å². The number of rotatable bonds is 3. The van der Waals surface area contributed by atoms with Gasteiger partial charge in [-0.2, -0.15) is 0 Å². The van der Waals surface area contributed by atoms with Crippen LogP contribution in [0.1, 0.15) is 71.1 Å². The molecular formula is C41H49N5O8S. The number of fused-ring (bicyclic) bond motifs is 3. The Morgan fingerprint density at radius 3 is 2.27 bits per heavy atom. The van der Waals surface area contributed by atoms with Gasteiger partial charge >= 0.3 is 0 Å². The van der Waals surface area contributed by atoms with Gasteiger partial charge in [-0.05, 0) is 67.9 Å². The predicted molar refractivity (Wildman–Crippen MR) is 210 cm³/mol. The molecule has 1 aromatic heterocycles. The summed E-state index contributed by atoms with van der Waals surface area (Å²) in [6.45, 7) is 2.13. The summed E-state index contributed by atoms with van der Waals surface area (Å²) in [5.41, 5.74) is 7.90. The number of nitrogens with two attached hydrogens (primary N) is 1. The monoisotopic (exact) mass is 771 g/mol. The molecule has 1 saturated heterocycles. The van der Waals surface area contributed by atoms with Crippen LogP contribution in [0.5, 0.6) is 5.75 Å². The molecule has 0 radical (unpaired) electrons. The highest BCUT2D eigenvalue weighted by Gasteiger charge is 2.43. The average Bonchev–Trinajstić information content (AvgIpc) is 3.76. The number of aromatic nitrogens is 1. The van der Waals surface area contributed by atoms with E-state index >= 15 is 0 Å². The van der Waals surface area contributed by atoms with Crippen molar-refractivity contribution in [1.29, 1.82) is 0 Å². The van der Waals surface area contributed by atoms with E-state index in [4.69, 9.17) is 10.5 Å². The zero-order valence-corrected chi connectivity index (χ0v) is 32.0. The Morgan fingerprint density at radius 1 is 0.855 bits per heavy atom. The Balaban J connectivity index is 0.000000170. The van der Waals surface area contributed by atoms with E-state index < -0.39 is 21.8 Å². The van der Waals surface area contributed by atoms with Gasteiger partial charge in [0.2, 0.25) is 23.6 Å². The number of anilines is 1. The van der Waals surface area contributed by atoms with Crippen molar-refractivity contribution in [2.75, 3.05) is 19.0 Å². The zero-order chi connectivity index (χ0) is 39.5. The van der Waals surface area contributed by atoms with E-state index in [1.165, 1.54) is 17.9 Å². The number of aromatic amines is 1. The summed E-state index contributed by atoms with van der Waals surface area (Å²) in [5.74, 6) is -0.263. The number of sulfonamides is 1. The number of methoxy groups -OCH3 is 1. The number of nitrogens with zero attached hydrogens (tertiary/aromatic N) is 1. The molecule has 3 aromatic carbocycles. The first-order valence-electron chi connectivity index (χ1n) is 18.7. The van der Waals surface area contributed by atoms with Gasteiger partial charge in [-0.15, -0.1) is 0 Å². The number of para-hydroxylation sites is 1. The van der Waals surface area contributed by atoms with Crippen molar-refractivity contribution in [3.8, 4) is 17.0 Å². The lowest BCUT2D eigenvalue weighted by Crippen LogP contribution is -2.42. The third-order valence-corrected chi connectivity index (χ3v) is 11.4. The maximum atomic E-state index is 12.6. The summed E-state index contributed by atoms with van der Waals surface area (Å²) in [6.07, 6.45) is 8.71. The number of hydrogen-bond acceptors (Lipinski definition) is 8. The summed E-state index contributed by atoms with van der Waals surface area (Å²) < 4.78 is 32.5. The molecule has 7 rings (SSSR count). The van der Waals surface area contributed by atoms with Crippen LogP contribution in [0.15, 0.2) is 88.6 Å². The topological polar surface area (TPSA) is 198 Å². The molecule has 1 aliphatic carbocycles. The number of H-pyrrole nitrogens is 1. The molecule has 1 saturated carbocycles. The molecule has 3 atom stereocenters. The second kappa shape index (κ2) is 18.7. The average molecular weight is 772 g/mol. The van der Waals surface area contributed by atoms with E-state index in [2.05, 4.69) is 15.0 Å². The minimum atomic E-state index is -4.00. The van der Waals surface area contributed by atoms with E-state index in [9.17, 15) is 32.4 Å². The number of ether oxygens (including phenoxy) is 1. The minimum Gasteiger partial charge on any atom is -0.497 e. The molecule has 1 unspecified atom stereocenters. The van der Waals surface area contributed by atoms with Gasteiger partial charge in [0.15, 0.2) is 5.43 Å². The maximum absolute atomic E-state index is 12.6. The molecule has 2 fully saturated rings. The smallest absolute Gasteiger partial charge is 0.266 e. The summed E-state index contributed by atoms with van der Waals surface area (Å²) in [4.78, 5) is 62.8. The van der Waals surface area contributed by atoms with E-state index in [1.807, 2.05) is 36.4 Å². The number of benzene rings is 3.